The molecule has 2 atom stereocenters. The Kier molecular flexibility index (Phi) is 4.14. The lowest BCUT2D eigenvalue weighted by atomic mass is 9.87. The molecule has 2 unspecified atom stereocenters. The molecular formula is C15H30N2. The van der Waals surface area contributed by atoms with Gasteiger partial charge in [-0.2, -0.15) is 0 Å². The van der Waals surface area contributed by atoms with Crippen LogP contribution in [0.25, 0.3) is 0 Å². The molecule has 0 aromatic carbocycles. The summed E-state index contributed by atoms with van der Waals surface area (Å²) in [5.41, 5.74) is 0.524. The van der Waals surface area contributed by atoms with Crippen LogP contribution >= 0.6 is 0 Å². The van der Waals surface area contributed by atoms with Crippen LogP contribution in [0.5, 0.6) is 0 Å². The first-order chi connectivity index (χ1) is 7.99. The third kappa shape index (κ3) is 3.23. The van der Waals surface area contributed by atoms with E-state index in [9.17, 15) is 0 Å². The number of likely N-dealkylation sites (tertiary alicyclic amines) is 1. The first kappa shape index (κ1) is 13.4. The van der Waals surface area contributed by atoms with Gasteiger partial charge in [-0.1, -0.05) is 20.3 Å². The van der Waals surface area contributed by atoms with Crippen LogP contribution in [0.15, 0.2) is 0 Å². The summed E-state index contributed by atoms with van der Waals surface area (Å²) in [6.07, 6.45) is 5.58. The fourth-order valence-electron chi connectivity index (χ4n) is 3.51. The van der Waals surface area contributed by atoms with E-state index in [0.29, 0.717) is 5.41 Å². The Balaban J connectivity index is 1.73. The molecule has 0 amide bonds. The molecule has 1 N–H and O–H groups in total. The number of hydrogen-bond donors (Lipinski definition) is 1. The Hall–Kier alpha value is -0.0800. The Morgan fingerprint density at radius 3 is 2.59 bits per heavy atom. The van der Waals surface area contributed by atoms with E-state index in [2.05, 4.69) is 37.9 Å². The normalized spacial score (nSPS) is 33.7. The van der Waals surface area contributed by atoms with Gasteiger partial charge < -0.3 is 10.2 Å². The van der Waals surface area contributed by atoms with Crippen molar-refractivity contribution in [2.75, 3.05) is 19.6 Å². The molecule has 2 nitrogen and oxygen atoms in total. The number of nitrogens with zero attached hydrogens (tertiary/aromatic N) is 1. The zero-order valence-corrected chi connectivity index (χ0v) is 12.1. The molecular weight excluding hydrogens is 208 g/mol. The summed E-state index contributed by atoms with van der Waals surface area (Å²) < 4.78 is 0. The van der Waals surface area contributed by atoms with E-state index in [0.717, 1.165) is 18.0 Å². The second-order valence-electron chi connectivity index (χ2n) is 7.09. The van der Waals surface area contributed by atoms with Gasteiger partial charge in [-0.3, -0.25) is 0 Å². The summed E-state index contributed by atoms with van der Waals surface area (Å²) in [5, 5.41) is 3.85. The monoisotopic (exact) mass is 238 g/mol. The number of hydrogen-bond acceptors (Lipinski definition) is 2. The summed E-state index contributed by atoms with van der Waals surface area (Å²) >= 11 is 0. The van der Waals surface area contributed by atoms with Crippen LogP contribution in [0, 0.1) is 11.3 Å². The van der Waals surface area contributed by atoms with Crippen molar-refractivity contribution in [3.63, 3.8) is 0 Å². The van der Waals surface area contributed by atoms with Gasteiger partial charge in [-0.25, -0.2) is 0 Å². The minimum Gasteiger partial charge on any atom is -0.313 e. The zero-order chi connectivity index (χ0) is 12.5. The van der Waals surface area contributed by atoms with Crippen molar-refractivity contribution in [3.05, 3.63) is 0 Å². The Bertz CT molecular complexity index is 247. The van der Waals surface area contributed by atoms with E-state index in [-0.39, 0.29) is 0 Å². The summed E-state index contributed by atoms with van der Waals surface area (Å²) in [4.78, 5) is 2.62. The maximum Gasteiger partial charge on any atom is 0.0118 e. The topological polar surface area (TPSA) is 15.3 Å². The summed E-state index contributed by atoms with van der Waals surface area (Å²) in [5.74, 6) is 0.883. The molecule has 1 aliphatic carbocycles. The highest BCUT2D eigenvalue weighted by Gasteiger charge is 2.34. The van der Waals surface area contributed by atoms with Crippen LogP contribution in [0.2, 0.25) is 0 Å². The molecule has 0 bridgehead atoms. The summed E-state index contributed by atoms with van der Waals surface area (Å²) in [6.45, 7) is 13.3. The molecule has 1 saturated carbocycles. The van der Waals surface area contributed by atoms with Crippen LogP contribution in [0.3, 0.4) is 0 Å². The van der Waals surface area contributed by atoms with Crippen molar-refractivity contribution in [1.82, 2.24) is 10.2 Å². The molecule has 1 saturated heterocycles. The lowest BCUT2D eigenvalue weighted by Crippen LogP contribution is -2.41. The Morgan fingerprint density at radius 1 is 1.29 bits per heavy atom. The van der Waals surface area contributed by atoms with Gasteiger partial charge in [0.15, 0.2) is 0 Å². The highest BCUT2D eigenvalue weighted by molar-refractivity contribution is 4.91. The van der Waals surface area contributed by atoms with Gasteiger partial charge in [-0.05, 0) is 57.5 Å². The summed E-state index contributed by atoms with van der Waals surface area (Å²) in [6, 6.07) is 1.48. The smallest absolute Gasteiger partial charge is 0.0118 e. The van der Waals surface area contributed by atoms with Crippen molar-refractivity contribution in [3.8, 4) is 0 Å². The third-order valence-electron chi connectivity index (χ3n) is 4.96. The molecule has 100 valence electrons. The SMILES string of the molecule is CC(C)N1CCC(CNC2CCCC2(C)C)C1. The summed E-state index contributed by atoms with van der Waals surface area (Å²) in [7, 11) is 0. The lowest BCUT2D eigenvalue weighted by molar-refractivity contribution is 0.249. The fraction of sp³-hybridized carbons (Fsp3) is 1.00. The second-order valence-corrected chi connectivity index (χ2v) is 7.09. The lowest BCUT2D eigenvalue weighted by Gasteiger charge is -2.29. The quantitative estimate of drug-likeness (QED) is 0.810. The van der Waals surface area contributed by atoms with Crippen LogP contribution in [-0.2, 0) is 0 Å². The number of rotatable bonds is 4. The first-order valence-corrected chi connectivity index (χ1v) is 7.46. The van der Waals surface area contributed by atoms with E-state index in [1.807, 2.05) is 0 Å². The van der Waals surface area contributed by atoms with Gasteiger partial charge >= 0.3 is 0 Å². The average molecular weight is 238 g/mol. The third-order valence-corrected chi connectivity index (χ3v) is 4.96. The standard InChI is InChI=1S/C15H30N2/c1-12(2)17-9-7-13(11-17)10-16-14-6-5-8-15(14,3)4/h12-14,16H,5-11H2,1-4H3. The Morgan fingerprint density at radius 2 is 2.06 bits per heavy atom. The van der Waals surface area contributed by atoms with Gasteiger partial charge in [0, 0.05) is 18.6 Å². The largest absolute Gasteiger partial charge is 0.313 e. The van der Waals surface area contributed by atoms with Crippen molar-refractivity contribution in [1.29, 1.82) is 0 Å². The molecule has 0 aromatic heterocycles. The van der Waals surface area contributed by atoms with Crippen molar-refractivity contribution < 1.29 is 0 Å². The molecule has 1 aliphatic heterocycles. The highest BCUT2D eigenvalue weighted by Crippen LogP contribution is 2.37. The predicted molar refractivity (Wildman–Crippen MR) is 74.2 cm³/mol. The maximum absolute atomic E-state index is 3.85. The molecule has 0 aromatic rings. The molecule has 2 fully saturated rings. The molecule has 1 heterocycles. The zero-order valence-electron chi connectivity index (χ0n) is 12.1. The molecule has 0 radical (unpaired) electrons. The highest BCUT2D eigenvalue weighted by atomic mass is 15.2. The molecule has 0 spiro atoms. The van der Waals surface area contributed by atoms with Crippen LogP contribution in [0.4, 0.5) is 0 Å². The number of nitrogens with one attached hydrogen (secondary N) is 1. The van der Waals surface area contributed by atoms with Gasteiger partial charge in [-0.15, -0.1) is 0 Å². The van der Waals surface area contributed by atoms with E-state index in [4.69, 9.17) is 0 Å². The van der Waals surface area contributed by atoms with Crippen LogP contribution < -0.4 is 5.32 Å². The minimum absolute atomic E-state index is 0.524. The van der Waals surface area contributed by atoms with Gasteiger partial charge in [0.2, 0.25) is 0 Å². The fourth-order valence-corrected chi connectivity index (χ4v) is 3.51. The molecule has 2 aliphatic rings. The molecule has 17 heavy (non-hydrogen) atoms. The maximum atomic E-state index is 3.85. The first-order valence-electron chi connectivity index (χ1n) is 7.46. The van der Waals surface area contributed by atoms with E-state index >= 15 is 0 Å². The van der Waals surface area contributed by atoms with Crippen LogP contribution in [-0.4, -0.2) is 36.6 Å². The van der Waals surface area contributed by atoms with Crippen molar-refractivity contribution >= 4 is 0 Å². The minimum atomic E-state index is 0.524. The predicted octanol–water partition coefficient (Wildman–Crippen LogP) is 2.89. The van der Waals surface area contributed by atoms with Gasteiger partial charge in [0.25, 0.3) is 0 Å². The van der Waals surface area contributed by atoms with Crippen LogP contribution in [0.1, 0.15) is 53.4 Å². The second kappa shape index (κ2) is 5.27. The van der Waals surface area contributed by atoms with E-state index in [1.165, 1.54) is 45.3 Å². The molecule has 2 heteroatoms. The van der Waals surface area contributed by atoms with Gasteiger partial charge in [0.05, 0.1) is 0 Å². The van der Waals surface area contributed by atoms with E-state index in [1.54, 1.807) is 0 Å². The van der Waals surface area contributed by atoms with Crippen molar-refractivity contribution in [2.45, 2.75) is 65.5 Å². The average Bonchev–Trinajstić information content (AvgIpc) is 2.81. The van der Waals surface area contributed by atoms with Gasteiger partial charge in [0.1, 0.15) is 0 Å². The van der Waals surface area contributed by atoms with Crippen molar-refractivity contribution in [2.24, 2.45) is 11.3 Å². The van der Waals surface area contributed by atoms with E-state index < -0.39 is 0 Å². The molecule has 2 rings (SSSR count). The Labute approximate surface area is 107 Å².